The molecule has 11 heavy (non-hydrogen) atoms. The summed E-state index contributed by atoms with van der Waals surface area (Å²) in [6.45, 7) is 0.534. The van der Waals surface area contributed by atoms with Crippen LogP contribution in [0.3, 0.4) is 0 Å². The van der Waals surface area contributed by atoms with Gasteiger partial charge < -0.3 is 9.53 Å². The van der Waals surface area contributed by atoms with Crippen LogP contribution in [0.2, 0.25) is 0 Å². The number of rotatable bonds is 2. The van der Waals surface area contributed by atoms with E-state index in [1.165, 1.54) is 0 Å². The average Bonchev–Trinajstić information content (AvgIpc) is 2.05. The van der Waals surface area contributed by atoms with E-state index in [1.807, 2.05) is 0 Å². The highest BCUT2D eigenvalue weighted by Crippen LogP contribution is 2.34. The fraction of sp³-hybridized carbons (Fsp3) is 0.857. The average molecular weight is 164 g/mol. The summed E-state index contributed by atoms with van der Waals surface area (Å²) >= 11 is 0. The van der Waals surface area contributed by atoms with E-state index in [4.69, 9.17) is 4.74 Å². The third kappa shape index (κ3) is 1.56. The Morgan fingerprint density at radius 1 is 1.36 bits per heavy atom. The molecule has 0 unspecified atom stereocenters. The zero-order valence-corrected chi connectivity index (χ0v) is 6.06. The molecule has 0 saturated carbocycles. The quantitative estimate of drug-likeness (QED) is 0.574. The number of hydrogen-bond donors (Lipinski definition) is 0. The minimum absolute atomic E-state index is 0.147. The van der Waals surface area contributed by atoms with Crippen LogP contribution in [0.5, 0.6) is 0 Å². The van der Waals surface area contributed by atoms with Crippen LogP contribution in [0.1, 0.15) is 12.8 Å². The number of alkyl halides is 2. The molecule has 0 N–H and O–H groups in total. The van der Waals surface area contributed by atoms with E-state index < -0.39 is 11.8 Å². The predicted octanol–water partition coefficient (Wildman–Crippen LogP) is 1.25. The molecule has 0 bridgehead atoms. The highest BCUT2D eigenvalue weighted by Gasteiger charge is 2.41. The highest BCUT2D eigenvalue weighted by molar-refractivity contribution is 5.60. The van der Waals surface area contributed by atoms with E-state index in [-0.39, 0.29) is 26.1 Å². The van der Waals surface area contributed by atoms with Crippen molar-refractivity contribution in [3.05, 3.63) is 0 Å². The molecule has 1 fully saturated rings. The molecule has 1 heterocycles. The SMILES string of the molecule is O=CC1(C(F)F)CCOCC1. The Hall–Kier alpha value is -0.510. The van der Waals surface area contributed by atoms with Crippen molar-refractivity contribution in [3.63, 3.8) is 0 Å². The van der Waals surface area contributed by atoms with Crippen LogP contribution in [0, 0.1) is 5.41 Å². The van der Waals surface area contributed by atoms with Gasteiger partial charge in [-0.3, -0.25) is 0 Å². The summed E-state index contributed by atoms with van der Waals surface area (Å²) in [6.07, 6.45) is -1.88. The number of halogens is 2. The van der Waals surface area contributed by atoms with Crippen LogP contribution < -0.4 is 0 Å². The van der Waals surface area contributed by atoms with Crippen LogP contribution in [-0.2, 0) is 9.53 Å². The molecule has 0 amide bonds. The molecule has 64 valence electrons. The van der Waals surface area contributed by atoms with Gasteiger partial charge in [0.1, 0.15) is 6.29 Å². The molecular weight excluding hydrogens is 154 g/mol. The fourth-order valence-electron chi connectivity index (χ4n) is 1.14. The summed E-state index contributed by atoms with van der Waals surface area (Å²) in [5, 5.41) is 0. The lowest BCUT2D eigenvalue weighted by molar-refractivity contribution is -0.135. The van der Waals surface area contributed by atoms with Crippen LogP contribution in [0.4, 0.5) is 8.78 Å². The molecule has 4 heteroatoms. The smallest absolute Gasteiger partial charge is 0.250 e. The summed E-state index contributed by atoms with van der Waals surface area (Å²) in [5.74, 6) is 0. The molecule has 0 aromatic heterocycles. The largest absolute Gasteiger partial charge is 0.381 e. The van der Waals surface area contributed by atoms with Gasteiger partial charge in [0.2, 0.25) is 0 Å². The maximum absolute atomic E-state index is 12.3. The highest BCUT2D eigenvalue weighted by atomic mass is 19.3. The first-order chi connectivity index (χ1) is 5.21. The molecule has 0 radical (unpaired) electrons. The molecule has 0 aliphatic carbocycles. The summed E-state index contributed by atoms with van der Waals surface area (Å²) in [6, 6.07) is 0. The second-order valence-corrected chi connectivity index (χ2v) is 2.76. The van der Waals surface area contributed by atoms with Gasteiger partial charge >= 0.3 is 0 Å². The number of hydrogen-bond acceptors (Lipinski definition) is 2. The topological polar surface area (TPSA) is 26.3 Å². The first-order valence-corrected chi connectivity index (χ1v) is 3.53. The molecule has 1 aliphatic rings. The van der Waals surface area contributed by atoms with Crippen LogP contribution in [0.25, 0.3) is 0 Å². The number of carbonyl (C=O) groups is 1. The van der Waals surface area contributed by atoms with Crippen LogP contribution in [-0.4, -0.2) is 25.9 Å². The molecule has 0 aromatic carbocycles. The first kappa shape index (κ1) is 8.59. The molecule has 1 saturated heterocycles. The lowest BCUT2D eigenvalue weighted by Crippen LogP contribution is -2.37. The van der Waals surface area contributed by atoms with Crippen molar-refractivity contribution >= 4 is 6.29 Å². The molecule has 0 atom stereocenters. The number of ether oxygens (including phenoxy) is 1. The van der Waals surface area contributed by atoms with Crippen molar-refractivity contribution in [2.45, 2.75) is 19.3 Å². The molecular formula is C7H10F2O2. The molecule has 0 aromatic rings. The van der Waals surface area contributed by atoms with Crippen molar-refractivity contribution < 1.29 is 18.3 Å². The third-order valence-electron chi connectivity index (χ3n) is 2.09. The van der Waals surface area contributed by atoms with Crippen molar-refractivity contribution in [3.8, 4) is 0 Å². The summed E-state index contributed by atoms with van der Waals surface area (Å²) in [7, 11) is 0. The van der Waals surface area contributed by atoms with Gasteiger partial charge in [-0.1, -0.05) is 0 Å². The Bertz CT molecular complexity index is 141. The van der Waals surface area contributed by atoms with Crippen molar-refractivity contribution in [2.24, 2.45) is 5.41 Å². The van der Waals surface area contributed by atoms with Crippen molar-refractivity contribution in [1.82, 2.24) is 0 Å². The Balaban J connectivity index is 2.64. The lowest BCUT2D eigenvalue weighted by Gasteiger charge is -2.30. The van der Waals surface area contributed by atoms with Crippen molar-refractivity contribution in [2.75, 3.05) is 13.2 Å². The van der Waals surface area contributed by atoms with Crippen molar-refractivity contribution in [1.29, 1.82) is 0 Å². The Morgan fingerprint density at radius 3 is 2.18 bits per heavy atom. The summed E-state index contributed by atoms with van der Waals surface area (Å²) < 4.78 is 29.5. The predicted molar refractivity (Wildman–Crippen MR) is 34.6 cm³/mol. The Labute approximate surface area is 63.5 Å². The minimum Gasteiger partial charge on any atom is -0.381 e. The maximum atomic E-state index is 12.3. The second-order valence-electron chi connectivity index (χ2n) is 2.76. The molecule has 1 rings (SSSR count). The van der Waals surface area contributed by atoms with Gasteiger partial charge in [0.15, 0.2) is 0 Å². The van der Waals surface area contributed by atoms with Gasteiger partial charge in [-0.05, 0) is 12.8 Å². The van der Waals surface area contributed by atoms with E-state index in [0.29, 0.717) is 6.29 Å². The van der Waals surface area contributed by atoms with E-state index in [1.54, 1.807) is 0 Å². The number of carbonyl (C=O) groups excluding carboxylic acids is 1. The van der Waals surface area contributed by atoms with E-state index in [0.717, 1.165) is 0 Å². The maximum Gasteiger partial charge on any atom is 0.250 e. The van der Waals surface area contributed by atoms with Crippen LogP contribution >= 0.6 is 0 Å². The first-order valence-electron chi connectivity index (χ1n) is 3.53. The Morgan fingerprint density at radius 2 is 1.91 bits per heavy atom. The monoisotopic (exact) mass is 164 g/mol. The second kappa shape index (κ2) is 3.26. The molecule has 2 nitrogen and oxygen atoms in total. The Kier molecular flexibility index (Phi) is 2.54. The number of aldehydes is 1. The van der Waals surface area contributed by atoms with Gasteiger partial charge in [0.25, 0.3) is 6.43 Å². The van der Waals surface area contributed by atoms with Gasteiger partial charge in [-0.25, -0.2) is 8.78 Å². The minimum atomic E-state index is -2.55. The van der Waals surface area contributed by atoms with Gasteiger partial charge in [-0.15, -0.1) is 0 Å². The van der Waals surface area contributed by atoms with E-state index >= 15 is 0 Å². The van der Waals surface area contributed by atoms with Gasteiger partial charge in [-0.2, -0.15) is 0 Å². The fourth-order valence-corrected chi connectivity index (χ4v) is 1.14. The zero-order chi connectivity index (χ0) is 8.32. The molecule has 0 spiro atoms. The van der Waals surface area contributed by atoms with Gasteiger partial charge in [0, 0.05) is 13.2 Å². The van der Waals surface area contributed by atoms with Crippen LogP contribution in [0.15, 0.2) is 0 Å². The van der Waals surface area contributed by atoms with Gasteiger partial charge in [0.05, 0.1) is 5.41 Å². The van der Waals surface area contributed by atoms with E-state index in [9.17, 15) is 13.6 Å². The zero-order valence-electron chi connectivity index (χ0n) is 6.06. The lowest BCUT2D eigenvalue weighted by atomic mass is 9.82. The normalized spacial score (nSPS) is 23.5. The summed E-state index contributed by atoms with van der Waals surface area (Å²) in [4.78, 5) is 10.4. The molecule has 1 aliphatic heterocycles. The summed E-state index contributed by atoms with van der Waals surface area (Å²) in [5.41, 5.74) is -1.42. The third-order valence-corrected chi connectivity index (χ3v) is 2.09. The van der Waals surface area contributed by atoms with E-state index in [2.05, 4.69) is 0 Å². The standard InChI is InChI=1S/C7H10F2O2/c8-6(9)7(5-10)1-3-11-4-2-7/h5-6H,1-4H2.